The lowest BCUT2D eigenvalue weighted by atomic mass is 10.2. The van der Waals surface area contributed by atoms with Crippen LogP contribution < -0.4 is 0 Å². The van der Waals surface area contributed by atoms with Crippen molar-refractivity contribution in [1.82, 2.24) is 9.78 Å². The minimum absolute atomic E-state index is 0.328. The van der Waals surface area contributed by atoms with E-state index in [0.717, 1.165) is 14.6 Å². The highest BCUT2D eigenvalue weighted by molar-refractivity contribution is 14.1. The van der Waals surface area contributed by atoms with E-state index in [2.05, 4.69) is 27.7 Å². The zero-order chi connectivity index (χ0) is 12.6. The van der Waals surface area contributed by atoms with Crippen molar-refractivity contribution in [2.75, 3.05) is 7.11 Å². The van der Waals surface area contributed by atoms with Crippen molar-refractivity contribution in [3.05, 3.63) is 26.9 Å². The molecule has 0 bridgehead atoms. The Morgan fingerprint density at radius 1 is 1.59 bits per heavy atom. The summed E-state index contributed by atoms with van der Waals surface area (Å²) in [5, 5.41) is 5.84. The molecular formula is C11H10ClIN2O2. The summed E-state index contributed by atoms with van der Waals surface area (Å²) in [7, 11) is 1.36. The lowest BCUT2D eigenvalue weighted by Gasteiger charge is -2.10. The van der Waals surface area contributed by atoms with E-state index in [1.54, 1.807) is 17.7 Å². The first-order chi connectivity index (χ1) is 8.06. The van der Waals surface area contributed by atoms with Crippen molar-refractivity contribution < 1.29 is 9.53 Å². The number of nitrogens with zero attached hydrogens (tertiary/aromatic N) is 2. The molecule has 0 amide bonds. The van der Waals surface area contributed by atoms with Crippen LogP contribution in [0.2, 0.25) is 5.02 Å². The molecule has 0 N–H and O–H groups in total. The Morgan fingerprint density at radius 3 is 2.94 bits per heavy atom. The number of fused-ring (bicyclic) bond motifs is 1. The highest BCUT2D eigenvalue weighted by Crippen LogP contribution is 2.29. The van der Waals surface area contributed by atoms with Gasteiger partial charge in [-0.1, -0.05) is 17.7 Å². The first-order valence-corrected chi connectivity index (χ1v) is 6.42. The minimum Gasteiger partial charge on any atom is -0.467 e. The number of hydrogen-bond acceptors (Lipinski definition) is 3. The van der Waals surface area contributed by atoms with Crippen LogP contribution in [0.5, 0.6) is 0 Å². The van der Waals surface area contributed by atoms with Gasteiger partial charge in [-0.2, -0.15) is 5.10 Å². The van der Waals surface area contributed by atoms with E-state index in [1.165, 1.54) is 7.11 Å². The Hall–Kier alpha value is -0.820. The molecule has 6 heteroatoms. The fourth-order valence-corrected chi connectivity index (χ4v) is 2.89. The summed E-state index contributed by atoms with van der Waals surface area (Å²) in [4.78, 5) is 11.5. The SMILES string of the molecule is COC(=O)[C@H](C)n1nc(I)c2c(Cl)cccc21. The molecule has 0 aliphatic carbocycles. The standard InChI is InChI=1S/C11H10ClIN2O2/c1-6(11(16)17-2)15-8-5-3-4-7(12)9(8)10(13)14-15/h3-6H,1-2H3/t6-/m0/s1. The summed E-state index contributed by atoms with van der Waals surface area (Å²) >= 11 is 8.22. The summed E-state index contributed by atoms with van der Waals surface area (Å²) in [5.74, 6) is -0.328. The van der Waals surface area contributed by atoms with Gasteiger partial charge < -0.3 is 4.74 Å². The van der Waals surface area contributed by atoms with Crippen LogP contribution in [0.25, 0.3) is 10.9 Å². The molecule has 0 fully saturated rings. The smallest absolute Gasteiger partial charge is 0.330 e. The van der Waals surface area contributed by atoms with Crippen LogP contribution in [0, 0.1) is 3.70 Å². The molecule has 0 unspecified atom stereocenters. The Labute approximate surface area is 117 Å². The van der Waals surface area contributed by atoms with Crippen LogP contribution >= 0.6 is 34.2 Å². The Bertz CT molecular complexity index is 582. The quantitative estimate of drug-likeness (QED) is 0.608. The highest BCUT2D eigenvalue weighted by Gasteiger charge is 2.21. The third-order valence-corrected chi connectivity index (χ3v) is 3.62. The average Bonchev–Trinajstić information content (AvgIpc) is 2.66. The largest absolute Gasteiger partial charge is 0.467 e. The number of halogens is 2. The molecular weight excluding hydrogens is 354 g/mol. The maximum atomic E-state index is 11.5. The number of hydrogen-bond donors (Lipinski definition) is 0. The number of ether oxygens (including phenoxy) is 1. The summed E-state index contributed by atoms with van der Waals surface area (Å²) in [5.41, 5.74) is 0.833. The molecule has 1 aromatic carbocycles. The molecule has 17 heavy (non-hydrogen) atoms. The average molecular weight is 365 g/mol. The number of carbonyl (C=O) groups excluding carboxylic acids is 1. The van der Waals surface area contributed by atoms with E-state index in [0.29, 0.717) is 5.02 Å². The fraction of sp³-hybridized carbons (Fsp3) is 0.273. The van der Waals surface area contributed by atoms with E-state index in [9.17, 15) is 4.79 Å². The molecule has 2 aromatic rings. The lowest BCUT2D eigenvalue weighted by Crippen LogP contribution is -2.18. The normalized spacial score (nSPS) is 12.7. The van der Waals surface area contributed by atoms with Gasteiger partial charge in [0, 0.05) is 0 Å². The first kappa shape index (κ1) is 12.6. The molecule has 90 valence electrons. The number of methoxy groups -OCH3 is 1. The van der Waals surface area contributed by atoms with E-state index >= 15 is 0 Å². The van der Waals surface area contributed by atoms with Crippen molar-refractivity contribution >= 4 is 51.1 Å². The van der Waals surface area contributed by atoms with Gasteiger partial charge in [0.2, 0.25) is 0 Å². The summed E-state index contributed by atoms with van der Waals surface area (Å²) in [6.45, 7) is 1.75. The summed E-state index contributed by atoms with van der Waals surface area (Å²) in [6, 6.07) is 5.06. The summed E-state index contributed by atoms with van der Waals surface area (Å²) in [6.07, 6.45) is 0. The van der Waals surface area contributed by atoms with Crippen LogP contribution in [-0.2, 0) is 9.53 Å². The Balaban J connectivity index is 2.64. The molecule has 2 rings (SSSR count). The van der Waals surface area contributed by atoms with Gasteiger partial charge in [-0.3, -0.25) is 0 Å². The molecule has 0 radical (unpaired) electrons. The van der Waals surface area contributed by atoms with E-state index in [4.69, 9.17) is 16.3 Å². The van der Waals surface area contributed by atoms with Gasteiger partial charge in [0.05, 0.1) is 23.0 Å². The second kappa shape index (κ2) is 4.81. The fourth-order valence-electron chi connectivity index (χ4n) is 1.67. The molecule has 4 nitrogen and oxygen atoms in total. The highest BCUT2D eigenvalue weighted by atomic mass is 127. The van der Waals surface area contributed by atoms with E-state index in [-0.39, 0.29) is 5.97 Å². The van der Waals surface area contributed by atoms with Gasteiger partial charge in [-0.15, -0.1) is 0 Å². The maximum absolute atomic E-state index is 11.5. The van der Waals surface area contributed by atoms with Crippen molar-refractivity contribution in [2.24, 2.45) is 0 Å². The molecule has 0 aliphatic rings. The van der Waals surface area contributed by atoms with Gasteiger partial charge in [0.1, 0.15) is 9.74 Å². The zero-order valence-electron chi connectivity index (χ0n) is 9.28. The van der Waals surface area contributed by atoms with Crippen molar-refractivity contribution in [3.63, 3.8) is 0 Å². The number of aromatic nitrogens is 2. The van der Waals surface area contributed by atoms with Crippen LogP contribution in [-0.4, -0.2) is 22.9 Å². The van der Waals surface area contributed by atoms with Crippen LogP contribution in [0.4, 0.5) is 0 Å². The number of rotatable bonds is 2. The molecule has 1 atom stereocenters. The first-order valence-electron chi connectivity index (χ1n) is 4.96. The van der Waals surface area contributed by atoms with Gasteiger partial charge in [0.25, 0.3) is 0 Å². The van der Waals surface area contributed by atoms with Crippen molar-refractivity contribution in [1.29, 1.82) is 0 Å². The monoisotopic (exact) mass is 364 g/mol. The summed E-state index contributed by atoms with van der Waals surface area (Å²) < 4.78 is 7.13. The molecule has 1 heterocycles. The van der Waals surface area contributed by atoms with E-state index < -0.39 is 6.04 Å². The maximum Gasteiger partial charge on any atom is 0.330 e. The third kappa shape index (κ3) is 2.13. The number of benzene rings is 1. The molecule has 0 aliphatic heterocycles. The Kier molecular flexibility index (Phi) is 3.58. The molecule has 0 spiro atoms. The van der Waals surface area contributed by atoms with Crippen LogP contribution in [0.1, 0.15) is 13.0 Å². The number of carbonyl (C=O) groups is 1. The van der Waals surface area contributed by atoms with Crippen LogP contribution in [0.15, 0.2) is 18.2 Å². The zero-order valence-corrected chi connectivity index (χ0v) is 12.2. The second-order valence-corrected chi connectivity index (χ2v) is 5.00. The van der Waals surface area contributed by atoms with Crippen molar-refractivity contribution in [3.8, 4) is 0 Å². The third-order valence-electron chi connectivity index (χ3n) is 2.55. The van der Waals surface area contributed by atoms with Gasteiger partial charge in [-0.05, 0) is 41.6 Å². The topological polar surface area (TPSA) is 44.1 Å². The van der Waals surface area contributed by atoms with Crippen LogP contribution in [0.3, 0.4) is 0 Å². The second-order valence-electron chi connectivity index (χ2n) is 3.57. The Morgan fingerprint density at radius 2 is 2.29 bits per heavy atom. The van der Waals surface area contributed by atoms with Gasteiger partial charge in [-0.25, -0.2) is 9.48 Å². The van der Waals surface area contributed by atoms with Crippen molar-refractivity contribution in [2.45, 2.75) is 13.0 Å². The number of esters is 1. The predicted molar refractivity (Wildman–Crippen MR) is 74.2 cm³/mol. The molecule has 0 saturated heterocycles. The van der Waals surface area contributed by atoms with Gasteiger partial charge in [0.15, 0.2) is 0 Å². The molecule has 1 aromatic heterocycles. The van der Waals surface area contributed by atoms with Gasteiger partial charge >= 0.3 is 5.97 Å². The molecule has 0 saturated carbocycles. The minimum atomic E-state index is -0.468. The predicted octanol–water partition coefficient (Wildman–Crippen LogP) is 3.03. The lowest BCUT2D eigenvalue weighted by molar-refractivity contribution is -0.144. The van der Waals surface area contributed by atoms with E-state index in [1.807, 2.05) is 12.1 Å².